The van der Waals surface area contributed by atoms with Crippen molar-refractivity contribution in [3.8, 4) is 0 Å². The standard InChI is InChI=1S/C15H25NO2/c1-12-7-9-15(10-8-12,16(2)3)14(17)13-6-4-5-11-18-13/h6,12H,4-5,7-11H2,1-3H3. The van der Waals surface area contributed by atoms with Crippen molar-refractivity contribution in [3.05, 3.63) is 11.8 Å². The number of hydrogen-bond acceptors (Lipinski definition) is 3. The molecular formula is C15H25NO2. The van der Waals surface area contributed by atoms with Crippen molar-refractivity contribution in [1.82, 2.24) is 4.90 Å². The van der Waals surface area contributed by atoms with Crippen LogP contribution in [0.15, 0.2) is 11.8 Å². The highest BCUT2D eigenvalue weighted by Crippen LogP contribution is 2.38. The van der Waals surface area contributed by atoms with E-state index in [4.69, 9.17) is 4.74 Å². The Bertz CT molecular complexity index is 338. The van der Waals surface area contributed by atoms with Gasteiger partial charge in [0.25, 0.3) is 0 Å². The molecule has 18 heavy (non-hydrogen) atoms. The molecule has 102 valence electrons. The summed E-state index contributed by atoms with van der Waals surface area (Å²) in [6.07, 6.45) is 8.18. The number of allylic oxidation sites excluding steroid dienone is 1. The Hall–Kier alpha value is -0.830. The maximum Gasteiger partial charge on any atom is 0.217 e. The van der Waals surface area contributed by atoms with Crippen LogP contribution in [0.3, 0.4) is 0 Å². The van der Waals surface area contributed by atoms with E-state index in [1.54, 1.807) is 0 Å². The number of hydrogen-bond donors (Lipinski definition) is 0. The average molecular weight is 251 g/mol. The lowest BCUT2D eigenvalue weighted by molar-refractivity contribution is -0.132. The molecule has 1 fully saturated rings. The molecule has 0 aromatic heterocycles. The number of carbonyl (C=O) groups excluding carboxylic acids is 1. The van der Waals surface area contributed by atoms with Gasteiger partial charge in [-0.05, 0) is 64.6 Å². The predicted octanol–water partition coefficient (Wildman–Crippen LogP) is 2.76. The van der Waals surface area contributed by atoms with Gasteiger partial charge in [0.15, 0.2) is 5.76 Å². The zero-order valence-corrected chi connectivity index (χ0v) is 11.9. The molecule has 1 aliphatic carbocycles. The Morgan fingerprint density at radius 3 is 2.56 bits per heavy atom. The maximum absolute atomic E-state index is 12.8. The highest BCUT2D eigenvalue weighted by molar-refractivity contribution is 6.01. The van der Waals surface area contributed by atoms with E-state index >= 15 is 0 Å². The molecule has 3 heteroatoms. The molecule has 0 amide bonds. The molecule has 0 N–H and O–H groups in total. The molecule has 2 aliphatic rings. The second-order valence-electron chi connectivity index (χ2n) is 6.00. The van der Waals surface area contributed by atoms with E-state index in [0.29, 0.717) is 12.4 Å². The van der Waals surface area contributed by atoms with Gasteiger partial charge in [-0.15, -0.1) is 0 Å². The van der Waals surface area contributed by atoms with Gasteiger partial charge in [-0.1, -0.05) is 6.92 Å². The Morgan fingerprint density at radius 2 is 2.06 bits per heavy atom. The summed E-state index contributed by atoms with van der Waals surface area (Å²) in [5, 5.41) is 0. The van der Waals surface area contributed by atoms with Crippen LogP contribution in [-0.2, 0) is 9.53 Å². The maximum atomic E-state index is 12.8. The Kier molecular flexibility index (Phi) is 4.10. The lowest BCUT2D eigenvalue weighted by atomic mass is 9.73. The number of Topliss-reactive ketones (excluding diaryl/α,β-unsaturated/α-hetero) is 1. The van der Waals surface area contributed by atoms with Gasteiger partial charge in [-0.2, -0.15) is 0 Å². The molecule has 2 rings (SSSR count). The summed E-state index contributed by atoms with van der Waals surface area (Å²) >= 11 is 0. The first-order chi connectivity index (χ1) is 8.56. The zero-order chi connectivity index (χ0) is 13.2. The van der Waals surface area contributed by atoms with Gasteiger partial charge in [-0.25, -0.2) is 0 Å². The van der Waals surface area contributed by atoms with Gasteiger partial charge in [0.2, 0.25) is 5.78 Å². The third-order valence-corrected chi connectivity index (χ3v) is 4.54. The Morgan fingerprint density at radius 1 is 1.39 bits per heavy atom. The van der Waals surface area contributed by atoms with Gasteiger partial charge in [-0.3, -0.25) is 9.69 Å². The molecule has 1 saturated carbocycles. The summed E-state index contributed by atoms with van der Waals surface area (Å²) in [4.78, 5) is 14.9. The molecule has 0 bridgehead atoms. The minimum atomic E-state index is -0.324. The second kappa shape index (κ2) is 5.43. The van der Waals surface area contributed by atoms with Crippen molar-refractivity contribution in [3.63, 3.8) is 0 Å². The molecular weight excluding hydrogens is 226 g/mol. The van der Waals surface area contributed by atoms with Gasteiger partial charge >= 0.3 is 0 Å². The van der Waals surface area contributed by atoms with Crippen molar-refractivity contribution < 1.29 is 9.53 Å². The van der Waals surface area contributed by atoms with Crippen LogP contribution in [0.4, 0.5) is 0 Å². The summed E-state index contributed by atoms with van der Waals surface area (Å²) in [7, 11) is 4.05. The molecule has 1 aliphatic heterocycles. The summed E-state index contributed by atoms with van der Waals surface area (Å²) in [6.45, 7) is 2.97. The van der Waals surface area contributed by atoms with Crippen LogP contribution in [0.5, 0.6) is 0 Å². The lowest BCUT2D eigenvalue weighted by Crippen LogP contribution is -2.54. The summed E-state index contributed by atoms with van der Waals surface area (Å²) in [6, 6.07) is 0. The fourth-order valence-electron chi connectivity index (χ4n) is 3.06. The molecule has 0 aromatic carbocycles. The first-order valence-corrected chi connectivity index (χ1v) is 7.11. The van der Waals surface area contributed by atoms with E-state index in [-0.39, 0.29) is 11.3 Å². The fraction of sp³-hybridized carbons (Fsp3) is 0.800. The fourth-order valence-corrected chi connectivity index (χ4v) is 3.06. The SMILES string of the molecule is CC1CCC(C(=O)C2=CCCCO2)(N(C)C)CC1. The van der Waals surface area contributed by atoms with E-state index in [1.807, 2.05) is 20.2 Å². The molecule has 3 nitrogen and oxygen atoms in total. The number of ether oxygens (including phenoxy) is 1. The highest BCUT2D eigenvalue weighted by atomic mass is 16.5. The monoisotopic (exact) mass is 251 g/mol. The van der Waals surface area contributed by atoms with Gasteiger partial charge in [0.05, 0.1) is 12.1 Å². The van der Waals surface area contributed by atoms with E-state index in [9.17, 15) is 4.79 Å². The topological polar surface area (TPSA) is 29.5 Å². The lowest BCUT2D eigenvalue weighted by Gasteiger charge is -2.43. The normalized spacial score (nSPS) is 32.9. The van der Waals surface area contributed by atoms with Gasteiger partial charge in [0, 0.05) is 0 Å². The summed E-state index contributed by atoms with van der Waals surface area (Å²) < 4.78 is 5.58. The minimum Gasteiger partial charge on any atom is -0.490 e. The van der Waals surface area contributed by atoms with Crippen LogP contribution in [0.25, 0.3) is 0 Å². The molecule has 0 atom stereocenters. The van der Waals surface area contributed by atoms with Crippen LogP contribution in [0.1, 0.15) is 45.4 Å². The van der Waals surface area contributed by atoms with Crippen molar-refractivity contribution in [1.29, 1.82) is 0 Å². The largest absolute Gasteiger partial charge is 0.490 e. The van der Waals surface area contributed by atoms with Crippen molar-refractivity contribution in [2.45, 2.75) is 51.0 Å². The molecule has 0 spiro atoms. The number of nitrogens with zero attached hydrogens (tertiary/aromatic N) is 1. The van der Waals surface area contributed by atoms with Crippen LogP contribution < -0.4 is 0 Å². The van der Waals surface area contributed by atoms with Crippen molar-refractivity contribution >= 4 is 5.78 Å². The predicted molar refractivity (Wildman–Crippen MR) is 72.3 cm³/mol. The first kappa shape index (κ1) is 13.6. The smallest absolute Gasteiger partial charge is 0.217 e. The van der Waals surface area contributed by atoms with Crippen LogP contribution in [0.2, 0.25) is 0 Å². The quantitative estimate of drug-likeness (QED) is 0.772. The number of carbonyl (C=O) groups is 1. The van der Waals surface area contributed by atoms with Crippen LogP contribution >= 0.6 is 0 Å². The first-order valence-electron chi connectivity index (χ1n) is 7.11. The van der Waals surface area contributed by atoms with Crippen molar-refractivity contribution in [2.75, 3.05) is 20.7 Å². The van der Waals surface area contributed by atoms with Crippen LogP contribution in [-0.4, -0.2) is 36.9 Å². The third-order valence-electron chi connectivity index (χ3n) is 4.54. The molecule has 0 aromatic rings. The number of ketones is 1. The number of rotatable bonds is 3. The van der Waals surface area contributed by atoms with Crippen LogP contribution in [0, 0.1) is 5.92 Å². The van der Waals surface area contributed by atoms with E-state index in [0.717, 1.165) is 44.4 Å². The highest BCUT2D eigenvalue weighted by Gasteiger charge is 2.44. The Labute approximate surface area is 110 Å². The molecule has 1 heterocycles. The second-order valence-corrected chi connectivity index (χ2v) is 6.00. The van der Waals surface area contributed by atoms with Crippen molar-refractivity contribution in [2.24, 2.45) is 5.92 Å². The third kappa shape index (κ3) is 2.46. The molecule has 0 radical (unpaired) electrons. The van der Waals surface area contributed by atoms with E-state index in [1.165, 1.54) is 0 Å². The summed E-state index contributed by atoms with van der Waals surface area (Å²) in [5.74, 6) is 1.57. The van der Waals surface area contributed by atoms with E-state index < -0.39 is 0 Å². The molecule has 0 unspecified atom stereocenters. The zero-order valence-electron chi connectivity index (χ0n) is 11.9. The van der Waals surface area contributed by atoms with Gasteiger partial charge < -0.3 is 4.74 Å². The Balaban J connectivity index is 2.19. The average Bonchev–Trinajstić information content (AvgIpc) is 2.40. The molecule has 0 saturated heterocycles. The van der Waals surface area contributed by atoms with E-state index in [2.05, 4.69) is 11.8 Å². The number of likely N-dealkylation sites (N-methyl/N-ethyl adjacent to an activating group) is 1. The minimum absolute atomic E-state index is 0.208. The summed E-state index contributed by atoms with van der Waals surface area (Å²) in [5.41, 5.74) is -0.324. The van der Waals surface area contributed by atoms with Gasteiger partial charge in [0.1, 0.15) is 0 Å².